The second-order valence-electron chi connectivity index (χ2n) is 7.00. The first-order valence-electron chi connectivity index (χ1n) is 7.36. The van der Waals surface area contributed by atoms with Gasteiger partial charge in [0.2, 0.25) is 0 Å². The summed E-state index contributed by atoms with van der Waals surface area (Å²) in [5.74, 6) is 2.22. The molecule has 1 N–H and O–H groups in total. The van der Waals surface area contributed by atoms with Crippen LogP contribution >= 0.6 is 11.8 Å². The van der Waals surface area contributed by atoms with Crippen molar-refractivity contribution in [3.8, 4) is 0 Å². The number of thioether (sulfide) groups is 1. The molecule has 17 heavy (non-hydrogen) atoms. The molecule has 2 rings (SSSR count). The zero-order chi connectivity index (χ0) is 12.5. The van der Waals surface area contributed by atoms with Gasteiger partial charge in [-0.15, -0.1) is 0 Å². The van der Waals surface area contributed by atoms with E-state index < -0.39 is 0 Å². The minimum absolute atomic E-state index is 0.465. The molecule has 0 aromatic heterocycles. The summed E-state index contributed by atoms with van der Waals surface area (Å²) in [6.07, 6.45) is 7.07. The maximum atomic E-state index is 4.00. The van der Waals surface area contributed by atoms with Gasteiger partial charge in [0.1, 0.15) is 0 Å². The van der Waals surface area contributed by atoms with Crippen LogP contribution in [0.2, 0.25) is 0 Å². The van der Waals surface area contributed by atoms with Crippen molar-refractivity contribution in [3.63, 3.8) is 0 Å². The Morgan fingerprint density at radius 1 is 1.00 bits per heavy atom. The van der Waals surface area contributed by atoms with E-state index in [2.05, 4.69) is 44.8 Å². The van der Waals surface area contributed by atoms with Crippen LogP contribution in [0.25, 0.3) is 0 Å². The molecule has 2 fully saturated rings. The maximum Gasteiger partial charge on any atom is 0.0194 e. The zero-order valence-corrected chi connectivity index (χ0v) is 12.8. The number of hydrogen-bond acceptors (Lipinski definition) is 2. The van der Waals surface area contributed by atoms with Gasteiger partial charge in [-0.2, -0.15) is 11.8 Å². The van der Waals surface area contributed by atoms with Crippen LogP contribution in [0.1, 0.15) is 59.8 Å². The monoisotopic (exact) mass is 255 g/mol. The Bertz CT molecular complexity index is 246. The molecule has 1 saturated carbocycles. The Hall–Kier alpha value is 0.310. The molecule has 100 valence electrons. The lowest BCUT2D eigenvalue weighted by molar-refractivity contribution is 0.123. The van der Waals surface area contributed by atoms with Crippen LogP contribution in [-0.2, 0) is 0 Å². The predicted octanol–water partition coefficient (Wildman–Crippen LogP) is 4.07. The summed E-state index contributed by atoms with van der Waals surface area (Å²) in [6, 6.07) is 1.54. The minimum atomic E-state index is 0.465. The van der Waals surface area contributed by atoms with Crippen molar-refractivity contribution in [3.05, 3.63) is 0 Å². The Balaban J connectivity index is 1.96. The molecule has 0 spiro atoms. The summed E-state index contributed by atoms with van der Waals surface area (Å²) < 4.78 is 0. The standard InChI is InChI=1S/C15H29NS/c1-11-13(9-10-17-11)16-14-8-6-5-7-12(14)15(2,3)4/h11-14,16H,5-10H2,1-4H3. The molecular weight excluding hydrogens is 226 g/mol. The van der Waals surface area contributed by atoms with Gasteiger partial charge < -0.3 is 5.32 Å². The van der Waals surface area contributed by atoms with Crippen LogP contribution in [-0.4, -0.2) is 23.1 Å². The molecule has 2 aliphatic rings. The second-order valence-corrected chi connectivity index (χ2v) is 8.49. The second kappa shape index (κ2) is 5.52. The third-order valence-corrected chi connectivity index (χ3v) is 6.01. The van der Waals surface area contributed by atoms with E-state index in [9.17, 15) is 0 Å². The molecule has 2 heteroatoms. The maximum absolute atomic E-state index is 4.00. The van der Waals surface area contributed by atoms with Crippen LogP contribution in [0, 0.1) is 11.3 Å². The molecule has 1 heterocycles. The Morgan fingerprint density at radius 3 is 2.29 bits per heavy atom. The van der Waals surface area contributed by atoms with Gasteiger partial charge in [-0.1, -0.05) is 40.5 Å². The molecule has 1 aliphatic carbocycles. The van der Waals surface area contributed by atoms with Crippen LogP contribution in [0.3, 0.4) is 0 Å². The molecular formula is C15H29NS. The van der Waals surface area contributed by atoms with Crippen molar-refractivity contribution < 1.29 is 0 Å². The fourth-order valence-electron chi connectivity index (χ4n) is 3.59. The van der Waals surface area contributed by atoms with E-state index in [4.69, 9.17) is 0 Å². The van der Waals surface area contributed by atoms with Crippen molar-refractivity contribution in [2.45, 2.75) is 77.1 Å². The Labute approximate surface area is 112 Å². The van der Waals surface area contributed by atoms with Gasteiger partial charge in [0.05, 0.1) is 0 Å². The predicted molar refractivity (Wildman–Crippen MR) is 78.7 cm³/mol. The minimum Gasteiger partial charge on any atom is -0.310 e. The van der Waals surface area contributed by atoms with E-state index in [0.29, 0.717) is 5.41 Å². The molecule has 4 unspecified atom stereocenters. The highest BCUT2D eigenvalue weighted by Crippen LogP contribution is 2.39. The average Bonchev–Trinajstić information content (AvgIpc) is 2.64. The lowest BCUT2D eigenvalue weighted by atomic mass is 9.69. The highest BCUT2D eigenvalue weighted by Gasteiger charge is 2.36. The molecule has 0 aromatic rings. The molecule has 0 radical (unpaired) electrons. The first-order valence-corrected chi connectivity index (χ1v) is 8.41. The first-order chi connectivity index (χ1) is 7.98. The summed E-state index contributed by atoms with van der Waals surface area (Å²) in [7, 11) is 0. The van der Waals surface area contributed by atoms with E-state index >= 15 is 0 Å². The van der Waals surface area contributed by atoms with E-state index in [1.165, 1.54) is 37.9 Å². The van der Waals surface area contributed by atoms with Gasteiger partial charge >= 0.3 is 0 Å². The van der Waals surface area contributed by atoms with Crippen molar-refractivity contribution in [1.29, 1.82) is 0 Å². The molecule has 1 aliphatic heterocycles. The van der Waals surface area contributed by atoms with E-state index in [-0.39, 0.29) is 0 Å². The van der Waals surface area contributed by atoms with Crippen LogP contribution in [0.4, 0.5) is 0 Å². The molecule has 0 bridgehead atoms. The quantitative estimate of drug-likeness (QED) is 0.798. The van der Waals surface area contributed by atoms with Gasteiger partial charge in [-0.25, -0.2) is 0 Å². The van der Waals surface area contributed by atoms with Gasteiger partial charge in [0.25, 0.3) is 0 Å². The fraction of sp³-hybridized carbons (Fsp3) is 1.00. The average molecular weight is 255 g/mol. The third kappa shape index (κ3) is 3.41. The third-order valence-electron chi connectivity index (χ3n) is 4.68. The summed E-state index contributed by atoms with van der Waals surface area (Å²) in [6.45, 7) is 9.66. The fourth-order valence-corrected chi connectivity index (χ4v) is 4.80. The van der Waals surface area contributed by atoms with Gasteiger partial charge in [0.15, 0.2) is 0 Å². The van der Waals surface area contributed by atoms with Gasteiger partial charge in [-0.05, 0) is 36.3 Å². The van der Waals surface area contributed by atoms with Crippen molar-refractivity contribution in [2.24, 2.45) is 11.3 Å². The van der Waals surface area contributed by atoms with Crippen molar-refractivity contribution in [2.75, 3.05) is 5.75 Å². The summed E-state index contributed by atoms with van der Waals surface area (Å²) >= 11 is 2.14. The molecule has 4 atom stereocenters. The summed E-state index contributed by atoms with van der Waals surface area (Å²) in [5.41, 5.74) is 0.465. The van der Waals surface area contributed by atoms with Crippen molar-refractivity contribution >= 4 is 11.8 Å². The molecule has 0 aromatic carbocycles. The largest absolute Gasteiger partial charge is 0.310 e. The normalized spacial score (nSPS) is 39.5. The Kier molecular flexibility index (Phi) is 4.46. The van der Waals surface area contributed by atoms with Gasteiger partial charge in [-0.3, -0.25) is 0 Å². The van der Waals surface area contributed by atoms with E-state index in [0.717, 1.165) is 23.3 Å². The molecule has 1 nitrogen and oxygen atoms in total. The molecule has 1 saturated heterocycles. The lowest BCUT2D eigenvalue weighted by Gasteiger charge is -2.42. The van der Waals surface area contributed by atoms with E-state index in [1.807, 2.05) is 0 Å². The topological polar surface area (TPSA) is 12.0 Å². The van der Waals surface area contributed by atoms with E-state index in [1.54, 1.807) is 0 Å². The Morgan fingerprint density at radius 2 is 1.71 bits per heavy atom. The number of nitrogens with one attached hydrogen (secondary N) is 1. The van der Waals surface area contributed by atoms with Crippen molar-refractivity contribution in [1.82, 2.24) is 5.32 Å². The molecule has 0 amide bonds. The lowest BCUT2D eigenvalue weighted by Crippen LogP contribution is -2.49. The highest BCUT2D eigenvalue weighted by molar-refractivity contribution is 8.00. The number of hydrogen-bond donors (Lipinski definition) is 1. The SMILES string of the molecule is CC1SCCC1NC1CCCCC1C(C)(C)C. The van der Waals surface area contributed by atoms with Crippen LogP contribution in [0.15, 0.2) is 0 Å². The first kappa shape index (κ1) is 13.7. The number of rotatable bonds is 2. The van der Waals surface area contributed by atoms with Gasteiger partial charge in [0, 0.05) is 17.3 Å². The highest BCUT2D eigenvalue weighted by atomic mass is 32.2. The van der Waals surface area contributed by atoms with Crippen LogP contribution < -0.4 is 5.32 Å². The van der Waals surface area contributed by atoms with Crippen LogP contribution in [0.5, 0.6) is 0 Å². The summed E-state index contributed by atoms with van der Waals surface area (Å²) in [5, 5.41) is 4.82. The summed E-state index contributed by atoms with van der Waals surface area (Å²) in [4.78, 5) is 0. The zero-order valence-electron chi connectivity index (χ0n) is 12.0. The smallest absolute Gasteiger partial charge is 0.0194 e.